The van der Waals surface area contributed by atoms with E-state index in [9.17, 15) is 4.79 Å². The molecule has 0 spiro atoms. The third kappa shape index (κ3) is 2.90. The van der Waals surface area contributed by atoms with Gasteiger partial charge in [0.15, 0.2) is 0 Å². The molecule has 0 aromatic carbocycles. The van der Waals surface area contributed by atoms with Gasteiger partial charge in [-0.05, 0) is 49.9 Å². The van der Waals surface area contributed by atoms with Crippen molar-refractivity contribution < 1.29 is 9.53 Å². The molecule has 0 saturated carbocycles. The number of esters is 1. The molecule has 5 rings (SSSR count). The van der Waals surface area contributed by atoms with Crippen molar-refractivity contribution in [3.8, 4) is 0 Å². The van der Waals surface area contributed by atoms with E-state index in [2.05, 4.69) is 20.4 Å². The lowest BCUT2D eigenvalue weighted by atomic mass is 9.88. The van der Waals surface area contributed by atoms with Crippen LogP contribution in [0.1, 0.15) is 23.8 Å². The van der Waals surface area contributed by atoms with Crippen LogP contribution in [-0.4, -0.2) is 32.2 Å². The van der Waals surface area contributed by atoms with Crippen LogP contribution < -0.4 is 5.32 Å². The quantitative estimate of drug-likeness (QED) is 0.532. The number of nitrogens with zero attached hydrogens (tertiary/aromatic N) is 4. The molecule has 1 aliphatic rings. The third-order valence-electron chi connectivity index (χ3n) is 5.13. The van der Waals surface area contributed by atoms with Crippen molar-refractivity contribution in [2.75, 3.05) is 11.9 Å². The van der Waals surface area contributed by atoms with E-state index in [0.29, 0.717) is 6.61 Å². The van der Waals surface area contributed by atoms with E-state index < -0.39 is 0 Å². The average Bonchev–Trinajstić information content (AvgIpc) is 3.31. The molecule has 8 heteroatoms. The highest BCUT2D eigenvalue weighted by Crippen LogP contribution is 2.40. The minimum atomic E-state index is -0.0934. The maximum Gasteiger partial charge on any atom is 0.309 e. The molecule has 7 nitrogen and oxygen atoms in total. The second-order valence-electron chi connectivity index (χ2n) is 6.84. The molecule has 28 heavy (non-hydrogen) atoms. The topological polar surface area (TPSA) is 81.4 Å². The maximum absolute atomic E-state index is 12.2. The number of pyridine rings is 1. The van der Waals surface area contributed by atoms with E-state index in [1.807, 2.05) is 35.8 Å². The SMILES string of the molecule is CCOC(=O)[C@H]1CCc2c(sc3ncnc(Nc4ccn5nccc5c4)c23)C1. The van der Waals surface area contributed by atoms with Gasteiger partial charge in [-0.25, -0.2) is 14.5 Å². The van der Waals surface area contributed by atoms with Gasteiger partial charge in [-0.1, -0.05) is 0 Å². The zero-order valence-electron chi connectivity index (χ0n) is 15.4. The third-order valence-corrected chi connectivity index (χ3v) is 6.29. The summed E-state index contributed by atoms with van der Waals surface area (Å²) in [6.07, 6.45) is 7.64. The molecule has 4 aromatic rings. The van der Waals surface area contributed by atoms with Gasteiger partial charge in [0.1, 0.15) is 17.0 Å². The molecule has 0 amide bonds. The smallest absolute Gasteiger partial charge is 0.309 e. The molecule has 1 aliphatic carbocycles. The molecule has 0 radical (unpaired) electrons. The van der Waals surface area contributed by atoms with Crippen LogP contribution in [0.3, 0.4) is 0 Å². The molecule has 4 heterocycles. The van der Waals surface area contributed by atoms with Gasteiger partial charge in [-0.2, -0.15) is 5.10 Å². The largest absolute Gasteiger partial charge is 0.466 e. The number of hydrogen-bond donors (Lipinski definition) is 1. The van der Waals surface area contributed by atoms with Crippen molar-refractivity contribution in [2.24, 2.45) is 5.92 Å². The van der Waals surface area contributed by atoms with Gasteiger partial charge in [-0.3, -0.25) is 4.79 Å². The second-order valence-corrected chi connectivity index (χ2v) is 7.92. The van der Waals surface area contributed by atoms with Crippen molar-refractivity contribution in [1.82, 2.24) is 19.6 Å². The highest BCUT2D eigenvalue weighted by molar-refractivity contribution is 7.19. The highest BCUT2D eigenvalue weighted by Gasteiger charge is 2.29. The Morgan fingerprint density at radius 3 is 3.21 bits per heavy atom. The Hall–Kier alpha value is -3.00. The summed E-state index contributed by atoms with van der Waals surface area (Å²) in [7, 11) is 0. The first-order valence-electron chi connectivity index (χ1n) is 9.35. The summed E-state index contributed by atoms with van der Waals surface area (Å²) in [4.78, 5) is 23.3. The van der Waals surface area contributed by atoms with E-state index in [1.54, 1.807) is 23.9 Å². The predicted molar refractivity (Wildman–Crippen MR) is 108 cm³/mol. The molecular formula is C20H19N5O2S. The van der Waals surface area contributed by atoms with Crippen molar-refractivity contribution in [1.29, 1.82) is 0 Å². The lowest BCUT2D eigenvalue weighted by molar-refractivity contribution is -0.148. The van der Waals surface area contributed by atoms with E-state index in [-0.39, 0.29) is 11.9 Å². The Morgan fingerprint density at radius 1 is 1.39 bits per heavy atom. The van der Waals surface area contributed by atoms with Gasteiger partial charge in [0.25, 0.3) is 0 Å². The van der Waals surface area contributed by atoms with Crippen LogP contribution in [0.2, 0.25) is 0 Å². The van der Waals surface area contributed by atoms with Crippen molar-refractivity contribution in [2.45, 2.75) is 26.2 Å². The number of nitrogens with one attached hydrogen (secondary N) is 1. The Labute approximate surface area is 165 Å². The Morgan fingerprint density at radius 2 is 2.32 bits per heavy atom. The zero-order chi connectivity index (χ0) is 19.1. The first-order chi connectivity index (χ1) is 13.7. The minimum absolute atomic E-state index is 0.0610. The van der Waals surface area contributed by atoms with Crippen molar-refractivity contribution >= 4 is 44.5 Å². The van der Waals surface area contributed by atoms with Crippen LogP contribution >= 0.6 is 11.3 Å². The summed E-state index contributed by atoms with van der Waals surface area (Å²) in [6.45, 7) is 2.27. The first-order valence-corrected chi connectivity index (χ1v) is 10.2. The number of ether oxygens (including phenoxy) is 1. The van der Waals surface area contributed by atoms with Gasteiger partial charge in [-0.15, -0.1) is 11.3 Å². The van der Waals surface area contributed by atoms with E-state index in [1.165, 1.54) is 10.4 Å². The molecule has 0 saturated heterocycles. The fraction of sp³-hybridized carbons (Fsp3) is 0.300. The van der Waals surface area contributed by atoms with E-state index in [0.717, 1.165) is 46.5 Å². The summed E-state index contributed by atoms with van der Waals surface area (Å²) in [6, 6.07) is 5.98. The summed E-state index contributed by atoms with van der Waals surface area (Å²) >= 11 is 1.65. The lowest BCUT2D eigenvalue weighted by Gasteiger charge is -2.20. The number of aryl methyl sites for hydroxylation is 1. The van der Waals surface area contributed by atoms with Gasteiger partial charge < -0.3 is 10.1 Å². The van der Waals surface area contributed by atoms with Crippen LogP contribution in [0, 0.1) is 5.92 Å². The van der Waals surface area contributed by atoms with Crippen LogP contribution in [-0.2, 0) is 22.4 Å². The Balaban J connectivity index is 1.50. The van der Waals surface area contributed by atoms with E-state index in [4.69, 9.17) is 4.74 Å². The van der Waals surface area contributed by atoms with Crippen molar-refractivity contribution in [3.63, 3.8) is 0 Å². The number of thiophene rings is 1. The van der Waals surface area contributed by atoms with E-state index >= 15 is 0 Å². The monoisotopic (exact) mass is 393 g/mol. The fourth-order valence-corrected chi connectivity index (χ4v) is 5.07. The number of anilines is 2. The standard InChI is InChI=1S/C20H19N5O2S/c1-2-27-20(26)12-3-4-15-16(9-12)28-19-17(15)18(21-11-22-19)24-13-6-8-25-14(10-13)5-7-23-25/h5-8,10-12H,2-4,9H2,1H3,(H,21,22,24)/t12-/m0/s1. The predicted octanol–water partition coefficient (Wildman–Crippen LogP) is 3.75. The van der Waals surface area contributed by atoms with Gasteiger partial charge in [0, 0.05) is 23.0 Å². The summed E-state index contributed by atoms with van der Waals surface area (Å²) < 4.78 is 7.04. The Kier molecular flexibility index (Phi) is 4.20. The Bertz CT molecular complexity index is 1180. The van der Waals surface area contributed by atoms with Crippen molar-refractivity contribution in [3.05, 3.63) is 47.4 Å². The molecule has 0 aliphatic heterocycles. The molecule has 142 valence electrons. The molecule has 1 N–H and O–H groups in total. The van der Waals surface area contributed by atoms with Crippen LogP contribution in [0.5, 0.6) is 0 Å². The normalized spacial score (nSPS) is 16.2. The molecule has 1 atom stereocenters. The zero-order valence-corrected chi connectivity index (χ0v) is 16.2. The number of aromatic nitrogens is 4. The van der Waals surface area contributed by atoms with Gasteiger partial charge in [0.05, 0.1) is 23.4 Å². The number of carbonyl (C=O) groups is 1. The van der Waals surface area contributed by atoms with Crippen LogP contribution in [0.4, 0.5) is 11.5 Å². The fourth-order valence-electron chi connectivity index (χ4n) is 3.80. The number of rotatable bonds is 4. The molecular weight excluding hydrogens is 374 g/mol. The van der Waals surface area contributed by atoms with Gasteiger partial charge in [0.2, 0.25) is 0 Å². The minimum Gasteiger partial charge on any atom is -0.466 e. The lowest BCUT2D eigenvalue weighted by Crippen LogP contribution is -2.23. The maximum atomic E-state index is 12.2. The first kappa shape index (κ1) is 17.1. The molecule has 4 aromatic heterocycles. The number of fused-ring (bicyclic) bond motifs is 4. The summed E-state index contributed by atoms with van der Waals surface area (Å²) in [5.41, 5.74) is 3.22. The van der Waals surface area contributed by atoms with Crippen LogP contribution in [0.15, 0.2) is 36.9 Å². The highest BCUT2D eigenvalue weighted by atomic mass is 32.1. The molecule has 0 fully saturated rings. The number of hydrogen-bond acceptors (Lipinski definition) is 7. The summed E-state index contributed by atoms with van der Waals surface area (Å²) in [5.74, 6) is 0.652. The summed E-state index contributed by atoms with van der Waals surface area (Å²) in [5, 5.41) is 8.74. The molecule has 0 bridgehead atoms. The average molecular weight is 393 g/mol. The van der Waals surface area contributed by atoms with Crippen LogP contribution in [0.25, 0.3) is 15.7 Å². The number of carbonyl (C=O) groups excluding carboxylic acids is 1. The van der Waals surface area contributed by atoms with Gasteiger partial charge >= 0.3 is 5.97 Å². The second kappa shape index (κ2) is 6.87. The molecule has 0 unspecified atom stereocenters.